The highest BCUT2D eigenvalue weighted by Gasteiger charge is 2.53. The number of hydrogen-bond donors (Lipinski definition) is 4. The fourth-order valence-electron chi connectivity index (χ4n) is 5.31. The second-order valence-corrected chi connectivity index (χ2v) is 15.7. The van der Waals surface area contributed by atoms with Gasteiger partial charge in [0.2, 0.25) is 0 Å². The summed E-state index contributed by atoms with van der Waals surface area (Å²) in [5.41, 5.74) is 0.641. The number of nitrogens with one attached hydrogen (secondary N) is 1. The van der Waals surface area contributed by atoms with Gasteiger partial charge in [-0.05, 0) is 12.1 Å². The normalized spacial score (nSPS) is 38.9. The number of aromatic amines is 1. The number of ether oxygens (including phenoxy) is 2. The van der Waals surface area contributed by atoms with Gasteiger partial charge < -0.3 is 24.1 Å². The molecule has 7 rings (SSSR count). The number of aromatic nitrogens is 6. The first-order valence-electron chi connectivity index (χ1n) is 12.8. The van der Waals surface area contributed by atoms with Crippen molar-refractivity contribution in [2.45, 2.75) is 49.1 Å². The van der Waals surface area contributed by atoms with E-state index in [2.05, 4.69) is 44.4 Å². The van der Waals surface area contributed by atoms with E-state index in [1.54, 1.807) is 28.8 Å². The topological polar surface area (TPSA) is 191 Å². The van der Waals surface area contributed by atoms with E-state index in [1.165, 1.54) is 10.9 Å². The highest BCUT2D eigenvalue weighted by molar-refractivity contribution is 8.44. The summed E-state index contributed by atoms with van der Waals surface area (Å²) >= 11 is 8.09. The molecule has 3 aliphatic rings. The maximum Gasteiger partial charge on any atom is 0.386 e. The number of alkyl halides is 1. The van der Waals surface area contributed by atoms with Crippen molar-refractivity contribution in [3.05, 3.63) is 53.6 Å². The molecule has 3 aliphatic heterocycles. The SMILES string of the molecule is O=c1[nH]cnc2c1ncn2[C@@H]1O[C@@H]2COP(=O)(S)OC3C(O)[C@@H](COP(=O)(S)OC2C1F)O[C@H]3n1cnc2ccccc21. The minimum Gasteiger partial charge on any atom is -0.387 e. The lowest BCUT2D eigenvalue weighted by Gasteiger charge is -2.26. The van der Waals surface area contributed by atoms with Crippen LogP contribution < -0.4 is 5.56 Å². The molecular formula is C22H23FN6O10P2S2. The maximum atomic E-state index is 15.9. The molecule has 3 aromatic heterocycles. The number of halogens is 1. The lowest BCUT2D eigenvalue weighted by molar-refractivity contribution is -0.0567. The molecule has 6 unspecified atom stereocenters. The Morgan fingerprint density at radius 3 is 2.40 bits per heavy atom. The average Bonchev–Trinajstić information content (AvgIpc) is 3.72. The van der Waals surface area contributed by atoms with Crippen molar-refractivity contribution in [3.8, 4) is 0 Å². The Morgan fingerprint density at radius 1 is 0.930 bits per heavy atom. The number of rotatable bonds is 2. The van der Waals surface area contributed by atoms with Crippen LogP contribution >= 0.6 is 38.1 Å². The van der Waals surface area contributed by atoms with Crippen LogP contribution in [-0.4, -0.2) is 84.1 Å². The number of hydrogen-bond acceptors (Lipinski definition) is 13. The van der Waals surface area contributed by atoms with Crippen LogP contribution in [0.25, 0.3) is 22.2 Å². The summed E-state index contributed by atoms with van der Waals surface area (Å²) in [7, 11) is 0. The van der Waals surface area contributed by atoms with Gasteiger partial charge in [-0.25, -0.2) is 28.5 Å². The van der Waals surface area contributed by atoms with Crippen molar-refractivity contribution >= 4 is 60.3 Å². The predicted octanol–water partition coefficient (Wildman–Crippen LogP) is 2.56. The summed E-state index contributed by atoms with van der Waals surface area (Å²) in [4.78, 5) is 26.8. The van der Waals surface area contributed by atoms with E-state index in [-0.39, 0.29) is 11.2 Å². The van der Waals surface area contributed by atoms with Crippen molar-refractivity contribution in [3.63, 3.8) is 0 Å². The fourth-order valence-corrected chi connectivity index (χ4v) is 8.25. The highest BCUT2D eigenvalue weighted by Crippen LogP contribution is 2.60. The Kier molecular flexibility index (Phi) is 7.58. The molecule has 6 heterocycles. The summed E-state index contributed by atoms with van der Waals surface area (Å²) < 4.78 is 79.4. The van der Waals surface area contributed by atoms with Crippen LogP contribution in [0.3, 0.4) is 0 Å². The zero-order valence-electron chi connectivity index (χ0n) is 21.6. The molecule has 16 nitrogen and oxygen atoms in total. The molecular weight excluding hydrogens is 653 g/mol. The van der Waals surface area contributed by atoms with Gasteiger partial charge in [-0.15, -0.1) is 0 Å². The third-order valence-electron chi connectivity index (χ3n) is 7.29. The molecule has 4 aromatic rings. The second kappa shape index (κ2) is 11.0. The van der Waals surface area contributed by atoms with Crippen molar-refractivity contribution in [1.29, 1.82) is 0 Å². The molecule has 21 heteroatoms. The molecule has 3 fully saturated rings. The van der Waals surface area contributed by atoms with Crippen molar-refractivity contribution in [1.82, 2.24) is 29.1 Å². The third kappa shape index (κ3) is 5.40. The van der Waals surface area contributed by atoms with Gasteiger partial charge in [0.15, 0.2) is 29.8 Å². The molecule has 10 atom stereocenters. The van der Waals surface area contributed by atoms with E-state index in [1.807, 2.05) is 0 Å². The summed E-state index contributed by atoms with van der Waals surface area (Å²) in [5, 5.41) is 11.1. The number of H-pyrrole nitrogens is 1. The van der Waals surface area contributed by atoms with E-state index in [4.69, 9.17) is 27.6 Å². The van der Waals surface area contributed by atoms with E-state index >= 15 is 4.39 Å². The van der Waals surface area contributed by atoms with Gasteiger partial charge in [-0.1, -0.05) is 36.6 Å². The smallest absolute Gasteiger partial charge is 0.386 e. The number of fused-ring (bicyclic) bond motifs is 5. The minimum absolute atomic E-state index is 0.0143. The number of benzene rings is 1. The molecule has 0 spiro atoms. The van der Waals surface area contributed by atoms with Gasteiger partial charge in [0.05, 0.1) is 43.2 Å². The Hall–Kier alpha value is -2.15. The summed E-state index contributed by atoms with van der Waals surface area (Å²) in [6, 6.07) is 7.11. The van der Waals surface area contributed by atoms with Crippen LogP contribution in [0.1, 0.15) is 12.5 Å². The number of thiol groups is 2. The molecule has 0 radical (unpaired) electrons. The van der Waals surface area contributed by atoms with Gasteiger partial charge in [-0.2, -0.15) is 0 Å². The summed E-state index contributed by atoms with van der Waals surface area (Å²) in [6.45, 7) is -9.80. The summed E-state index contributed by atoms with van der Waals surface area (Å²) in [5.74, 6) is 0. The number of aliphatic hydroxyl groups is 1. The van der Waals surface area contributed by atoms with Crippen molar-refractivity contribution in [2.24, 2.45) is 0 Å². The standard InChI is InChI=1S/C22H23FN6O10P2S2/c23-14-17-13(37-21(14)29-9-27-15-19(29)24-7-25-20(15)31)6-35-41(33,43)39-18-16(30)12(5-34-40(32,42)38-17)36-22(18)28-8-26-10-3-1-2-4-11(10)28/h1-4,7-9,12-14,16-18,21-22,30H,5-6H2,(H,32,42)(H,33,43)(H,24,25,31)/t12-,13-,14?,16?,17?,18?,21-,22-,40?,41?/m1/s1. The lowest BCUT2D eigenvalue weighted by Crippen LogP contribution is -2.35. The Balaban J connectivity index is 1.20. The quantitative estimate of drug-likeness (QED) is 0.179. The monoisotopic (exact) mass is 676 g/mol. The molecule has 230 valence electrons. The van der Waals surface area contributed by atoms with E-state index in [0.29, 0.717) is 11.0 Å². The zero-order chi connectivity index (χ0) is 30.1. The first-order valence-corrected chi connectivity index (χ1v) is 18.2. The second-order valence-electron chi connectivity index (χ2n) is 9.93. The van der Waals surface area contributed by atoms with Gasteiger partial charge in [-0.3, -0.25) is 27.5 Å². The van der Waals surface area contributed by atoms with E-state index < -0.39 is 81.5 Å². The number of aliphatic hydroxyl groups excluding tert-OH is 1. The van der Waals surface area contributed by atoms with Crippen LogP contribution in [0, 0.1) is 0 Å². The van der Waals surface area contributed by atoms with Gasteiger partial charge in [0.1, 0.15) is 30.5 Å². The molecule has 1 aromatic carbocycles. The van der Waals surface area contributed by atoms with Crippen molar-refractivity contribution < 1.29 is 46.2 Å². The van der Waals surface area contributed by atoms with Crippen LogP contribution in [0.2, 0.25) is 0 Å². The molecule has 0 aliphatic carbocycles. The summed E-state index contributed by atoms with van der Waals surface area (Å²) in [6.07, 6.45) is -7.81. The van der Waals surface area contributed by atoms with Crippen LogP contribution in [-0.2, 0) is 36.7 Å². The number of para-hydroxylation sites is 2. The lowest BCUT2D eigenvalue weighted by atomic mass is 10.1. The predicted molar refractivity (Wildman–Crippen MR) is 151 cm³/mol. The fraction of sp³-hybridized carbons (Fsp3) is 0.455. The minimum atomic E-state index is -4.34. The molecule has 2 bridgehead atoms. The maximum absolute atomic E-state index is 15.9. The van der Waals surface area contributed by atoms with Crippen molar-refractivity contribution in [2.75, 3.05) is 13.2 Å². The van der Waals surface area contributed by atoms with Crippen LogP contribution in [0.15, 0.2) is 48.0 Å². The first-order chi connectivity index (χ1) is 20.5. The Morgan fingerprint density at radius 2 is 1.60 bits per heavy atom. The van der Waals surface area contributed by atoms with Crippen LogP contribution in [0.5, 0.6) is 0 Å². The molecule has 0 amide bonds. The van der Waals surface area contributed by atoms with Gasteiger partial charge in [0.25, 0.3) is 5.56 Å². The van der Waals surface area contributed by atoms with Gasteiger partial charge in [0, 0.05) is 0 Å². The highest BCUT2D eigenvalue weighted by atomic mass is 32.7. The molecule has 3 saturated heterocycles. The average molecular weight is 677 g/mol. The molecule has 2 N–H and O–H groups in total. The molecule has 43 heavy (non-hydrogen) atoms. The zero-order valence-corrected chi connectivity index (χ0v) is 25.2. The van der Waals surface area contributed by atoms with Gasteiger partial charge >= 0.3 is 13.6 Å². The first kappa shape index (κ1) is 29.6. The molecule has 0 saturated carbocycles. The Bertz CT molecular complexity index is 1840. The third-order valence-corrected chi connectivity index (χ3v) is 10.5. The number of imidazole rings is 2. The van der Waals surface area contributed by atoms with E-state index in [9.17, 15) is 19.0 Å². The number of nitrogens with zero attached hydrogens (tertiary/aromatic N) is 5. The van der Waals surface area contributed by atoms with E-state index in [0.717, 1.165) is 12.7 Å². The Labute approximate surface area is 251 Å². The largest absolute Gasteiger partial charge is 0.387 e. The van der Waals surface area contributed by atoms with Crippen LogP contribution in [0.4, 0.5) is 4.39 Å².